The summed E-state index contributed by atoms with van der Waals surface area (Å²) in [6.07, 6.45) is 4.58. The van der Waals surface area contributed by atoms with Crippen molar-refractivity contribution < 1.29 is 8.42 Å². The standard InChI is InChI=1S/C19H22ClN5O2S2/c1-3-24(4-2)8-7-13-12-21-16-11-14(5-6-15(13)16)23-29(26,27)18-17(20)22-19-25(18)9-10-28-19/h5-6,9-12,21,23H,3-4,7-8H2,1-2H3. The lowest BCUT2D eigenvalue weighted by atomic mass is 10.1. The number of nitrogens with zero attached hydrogens (tertiary/aromatic N) is 3. The third kappa shape index (κ3) is 3.87. The largest absolute Gasteiger partial charge is 0.361 e. The molecule has 3 aromatic heterocycles. The van der Waals surface area contributed by atoms with Crippen LogP contribution in [0.2, 0.25) is 5.15 Å². The third-order valence-electron chi connectivity index (χ3n) is 5.04. The number of nitrogens with one attached hydrogen (secondary N) is 2. The van der Waals surface area contributed by atoms with Crippen molar-refractivity contribution in [3.05, 3.63) is 46.7 Å². The van der Waals surface area contributed by atoms with E-state index in [1.54, 1.807) is 23.7 Å². The molecule has 0 radical (unpaired) electrons. The number of rotatable bonds is 8. The zero-order valence-corrected chi connectivity index (χ0v) is 18.5. The van der Waals surface area contributed by atoms with Crippen molar-refractivity contribution in [1.29, 1.82) is 0 Å². The first-order valence-corrected chi connectivity index (χ1v) is 12.1. The van der Waals surface area contributed by atoms with Crippen LogP contribution >= 0.6 is 22.9 Å². The number of thiazole rings is 1. The predicted octanol–water partition coefficient (Wildman–Crippen LogP) is 4.22. The number of hydrogen-bond acceptors (Lipinski definition) is 5. The molecule has 7 nitrogen and oxygen atoms in total. The molecule has 0 saturated heterocycles. The van der Waals surface area contributed by atoms with Crippen LogP contribution in [-0.2, 0) is 16.4 Å². The first-order valence-electron chi connectivity index (χ1n) is 9.39. The molecule has 0 atom stereocenters. The van der Waals surface area contributed by atoms with E-state index in [-0.39, 0.29) is 10.2 Å². The molecule has 0 aliphatic rings. The van der Waals surface area contributed by atoms with E-state index in [4.69, 9.17) is 11.6 Å². The topological polar surface area (TPSA) is 82.5 Å². The van der Waals surface area contributed by atoms with Gasteiger partial charge in [0.2, 0.25) is 0 Å². The number of hydrogen-bond donors (Lipinski definition) is 2. The predicted molar refractivity (Wildman–Crippen MR) is 119 cm³/mol. The van der Waals surface area contributed by atoms with Gasteiger partial charge in [0, 0.05) is 35.2 Å². The summed E-state index contributed by atoms with van der Waals surface area (Å²) in [5.74, 6) is 0. The van der Waals surface area contributed by atoms with Crippen LogP contribution in [-0.4, -0.2) is 47.3 Å². The highest BCUT2D eigenvalue weighted by Crippen LogP contribution is 2.28. The Kier molecular flexibility index (Phi) is 5.56. The monoisotopic (exact) mass is 451 g/mol. The fourth-order valence-electron chi connectivity index (χ4n) is 3.46. The van der Waals surface area contributed by atoms with Crippen LogP contribution in [0.15, 0.2) is 41.0 Å². The molecule has 29 heavy (non-hydrogen) atoms. The minimum absolute atomic E-state index is 0.0380. The van der Waals surface area contributed by atoms with Gasteiger partial charge in [0.15, 0.2) is 15.1 Å². The van der Waals surface area contributed by atoms with E-state index in [1.807, 2.05) is 12.3 Å². The molecular weight excluding hydrogens is 430 g/mol. The second-order valence-corrected chi connectivity index (χ2v) is 9.55. The zero-order valence-electron chi connectivity index (χ0n) is 16.1. The average molecular weight is 452 g/mol. The number of H-pyrrole nitrogens is 1. The van der Waals surface area contributed by atoms with Gasteiger partial charge in [-0.25, -0.2) is 4.98 Å². The van der Waals surface area contributed by atoms with Gasteiger partial charge in [-0.15, -0.1) is 11.3 Å². The highest BCUT2D eigenvalue weighted by molar-refractivity contribution is 7.92. The van der Waals surface area contributed by atoms with Crippen molar-refractivity contribution in [2.75, 3.05) is 24.4 Å². The SMILES string of the molecule is CCN(CC)CCc1c[nH]c2cc(NS(=O)(=O)c3c(Cl)nc4sccn34)ccc12. The smallest absolute Gasteiger partial charge is 0.281 e. The van der Waals surface area contributed by atoms with Crippen molar-refractivity contribution >= 4 is 54.5 Å². The molecule has 0 bridgehead atoms. The van der Waals surface area contributed by atoms with Gasteiger partial charge < -0.3 is 9.88 Å². The van der Waals surface area contributed by atoms with Crippen molar-refractivity contribution in [3.63, 3.8) is 0 Å². The van der Waals surface area contributed by atoms with Crippen LogP contribution < -0.4 is 4.72 Å². The number of halogens is 1. The summed E-state index contributed by atoms with van der Waals surface area (Å²) in [5.41, 5.74) is 2.58. The molecule has 1 aromatic carbocycles. The first kappa shape index (κ1) is 20.2. The van der Waals surface area contributed by atoms with Gasteiger partial charge in [-0.2, -0.15) is 8.42 Å². The summed E-state index contributed by atoms with van der Waals surface area (Å²) in [7, 11) is -3.88. The summed E-state index contributed by atoms with van der Waals surface area (Å²) < 4.78 is 29.9. The van der Waals surface area contributed by atoms with Crippen LogP contribution in [0.1, 0.15) is 19.4 Å². The number of anilines is 1. The maximum Gasteiger partial charge on any atom is 0.281 e. The molecule has 3 heterocycles. The van der Waals surface area contributed by atoms with Gasteiger partial charge in [-0.1, -0.05) is 31.5 Å². The number of likely N-dealkylation sites (N-methyl/N-ethyl adjacent to an activating group) is 1. The molecule has 0 fully saturated rings. The minimum Gasteiger partial charge on any atom is -0.361 e. The van der Waals surface area contributed by atoms with E-state index in [9.17, 15) is 8.42 Å². The second-order valence-electron chi connectivity index (χ2n) is 6.72. The van der Waals surface area contributed by atoms with Crippen LogP contribution in [0.3, 0.4) is 0 Å². The molecule has 10 heteroatoms. The van der Waals surface area contributed by atoms with Gasteiger partial charge >= 0.3 is 0 Å². The summed E-state index contributed by atoms with van der Waals surface area (Å²) in [6.45, 7) is 7.37. The van der Waals surface area contributed by atoms with Crippen LogP contribution in [0.25, 0.3) is 15.9 Å². The molecule has 0 unspecified atom stereocenters. The van der Waals surface area contributed by atoms with Crippen molar-refractivity contribution in [2.24, 2.45) is 0 Å². The van der Waals surface area contributed by atoms with Crippen LogP contribution in [0.4, 0.5) is 5.69 Å². The number of sulfonamides is 1. The van der Waals surface area contributed by atoms with Crippen molar-refractivity contribution in [3.8, 4) is 0 Å². The first-order chi connectivity index (χ1) is 13.9. The average Bonchev–Trinajstić information content (AvgIpc) is 3.36. The zero-order chi connectivity index (χ0) is 20.6. The Hall–Kier alpha value is -2.07. The number of imidazole rings is 1. The normalized spacial score (nSPS) is 12.4. The fourth-order valence-corrected chi connectivity index (χ4v) is 5.96. The molecule has 4 aromatic rings. The summed E-state index contributed by atoms with van der Waals surface area (Å²) in [5, 5.41) is 2.77. The third-order valence-corrected chi connectivity index (χ3v) is 7.58. The Bertz CT molecular complexity index is 1250. The Morgan fingerprint density at radius 1 is 1.31 bits per heavy atom. The van der Waals surface area contributed by atoms with Gasteiger partial charge in [0.05, 0.1) is 5.69 Å². The summed E-state index contributed by atoms with van der Waals surface area (Å²) in [6, 6.07) is 5.52. The maximum absolute atomic E-state index is 12.9. The molecule has 0 aliphatic carbocycles. The molecule has 0 aliphatic heterocycles. The number of aromatic nitrogens is 3. The van der Waals surface area contributed by atoms with E-state index >= 15 is 0 Å². The Morgan fingerprint density at radius 2 is 2.10 bits per heavy atom. The van der Waals surface area contributed by atoms with E-state index in [1.165, 1.54) is 21.3 Å². The number of fused-ring (bicyclic) bond motifs is 2. The molecule has 0 spiro atoms. The molecule has 154 valence electrons. The number of aromatic amines is 1. The highest BCUT2D eigenvalue weighted by Gasteiger charge is 2.25. The fraction of sp³-hybridized carbons (Fsp3) is 0.316. The van der Waals surface area contributed by atoms with Crippen molar-refractivity contribution in [2.45, 2.75) is 25.3 Å². The van der Waals surface area contributed by atoms with E-state index in [0.717, 1.165) is 37.0 Å². The van der Waals surface area contributed by atoms with Crippen LogP contribution in [0.5, 0.6) is 0 Å². The van der Waals surface area contributed by atoms with Gasteiger partial charge in [-0.3, -0.25) is 9.12 Å². The quantitative estimate of drug-likeness (QED) is 0.420. The molecule has 0 amide bonds. The molecule has 0 saturated carbocycles. The Labute approximate surface area is 178 Å². The minimum atomic E-state index is -3.88. The summed E-state index contributed by atoms with van der Waals surface area (Å²) in [4.78, 5) is 10.3. The second kappa shape index (κ2) is 7.98. The molecule has 2 N–H and O–H groups in total. The van der Waals surface area contributed by atoms with Gasteiger partial charge in [-0.05, 0) is 37.2 Å². The number of benzene rings is 1. The molecule has 4 rings (SSSR count). The maximum atomic E-state index is 12.9. The lowest BCUT2D eigenvalue weighted by molar-refractivity contribution is 0.308. The van der Waals surface area contributed by atoms with Crippen molar-refractivity contribution in [1.82, 2.24) is 19.3 Å². The van der Waals surface area contributed by atoms with E-state index in [0.29, 0.717) is 10.6 Å². The van der Waals surface area contributed by atoms with Crippen LogP contribution in [0, 0.1) is 0 Å². The van der Waals surface area contributed by atoms with E-state index in [2.05, 4.69) is 33.4 Å². The lowest BCUT2D eigenvalue weighted by Gasteiger charge is -2.17. The lowest BCUT2D eigenvalue weighted by Crippen LogP contribution is -2.25. The highest BCUT2D eigenvalue weighted by atomic mass is 35.5. The van der Waals surface area contributed by atoms with E-state index < -0.39 is 10.0 Å². The Balaban J connectivity index is 1.59. The van der Waals surface area contributed by atoms with Gasteiger partial charge in [0.1, 0.15) is 0 Å². The summed E-state index contributed by atoms with van der Waals surface area (Å²) >= 11 is 7.41. The molecular formula is C19H22ClN5O2S2. The Morgan fingerprint density at radius 3 is 2.86 bits per heavy atom. The van der Waals surface area contributed by atoms with Gasteiger partial charge in [0.25, 0.3) is 10.0 Å².